The first-order chi connectivity index (χ1) is 19.3. The average molecular weight is 573 g/mol. The lowest BCUT2D eigenvalue weighted by molar-refractivity contribution is 0.0925. The van der Waals surface area contributed by atoms with Crippen molar-refractivity contribution in [1.29, 1.82) is 0 Å². The van der Waals surface area contributed by atoms with E-state index in [9.17, 15) is 18.0 Å². The Morgan fingerprint density at radius 3 is 2.45 bits per heavy atom. The Bertz CT molecular complexity index is 1890. The number of rotatable bonds is 5. The number of fused-ring (bicyclic) bond motifs is 2. The molecule has 0 unspecified atom stereocenters. The van der Waals surface area contributed by atoms with Crippen LogP contribution in [-0.4, -0.2) is 56.2 Å². The number of carbonyl (C=O) groups excluding carboxylic acids is 2. The molecule has 0 atom stereocenters. The number of amides is 2. The Morgan fingerprint density at radius 1 is 1.00 bits per heavy atom. The number of benzene rings is 1. The van der Waals surface area contributed by atoms with Gasteiger partial charge in [-0.2, -0.15) is 0 Å². The number of nitrogens with one attached hydrogen (secondary N) is 1. The quantitative estimate of drug-likeness (QED) is 0.307. The van der Waals surface area contributed by atoms with Gasteiger partial charge < -0.3 is 9.55 Å². The average Bonchev–Trinajstić information content (AvgIpc) is 3.72. The van der Waals surface area contributed by atoms with Gasteiger partial charge in [-0.1, -0.05) is 12.1 Å². The van der Waals surface area contributed by atoms with E-state index in [-0.39, 0.29) is 35.1 Å². The number of aromatic amines is 1. The summed E-state index contributed by atoms with van der Waals surface area (Å²) < 4.78 is 25.8. The molecule has 0 radical (unpaired) electrons. The smallest absolute Gasteiger partial charge is 0.267 e. The van der Waals surface area contributed by atoms with Crippen molar-refractivity contribution in [2.75, 3.05) is 16.4 Å². The van der Waals surface area contributed by atoms with Gasteiger partial charge in [-0.15, -0.1) is 11.3 Å². The molecule has 1 fully saturated rings. The summed E-state index contributed by atoms with van der Waals surface area (Å²) in [4.78, 5) is 44.2. The molecule has 1 aromatic carbocycles. The molecule has 0 spiro atoms. The van der Waals surface area contributed by atoms with Crippen molar-refractivity contribution in [1.82, 2.24) is 24.5 Å². The highest BCUT2D eigenvalue weighted by Crippen LogP contribution is 2.35. The molecular weight excluding hydrogens is 548 g/mol. The molecule has 2 aliphatic rings. The largest absolute Gasteiger partial charge is 0.345 e. The summed E-state index contributed by atoms with van der Waals surface area (Å²) in [6, 6.07) is 10.3. The summed E-state index contributed by atoms with van der Waals surface area (Å²) in [5.74, 6) is 1.03. The molecule has 2 amide bonds. The van der Waals surface area contributed by atoms with Crippen molar-refractivity contribution in [3.8, 4) is 22.1 Å². The van der Waals surface area contributed by atoms with E-state index in [0.29, 0.717) is 36.2 Å². The van der Waals surface area contributed by atoms with Gasteiger partial charge in [-0.3, -0.25) is 9.59 Å². The third-order valence-corrected chi connectivity index (χ3v) is 10.2. The Balaban J connectivity index is 1.16. The third kappa shape index (κ3) is 4.06. The van der Waals surface area contributed by atoms with E-state index < -0.39 is 9.84 Å². The first-order valence-corrected chi connectivity index (χ1v) is 15.6. The van der Waals surface area contributed by atoms with Crippen molar-refractivity contribution in [2.45, 2.75) is 26.3 Å². The third-order valence-electron chi connectivity index (χ3n) is 7.69. The Kier molecular flexibility index (Phi) is 5.72. The van der Waals surface area contributed by atoms with E-state index in [1.165, 1.54) is 11.3 Å². The van der Waals surface area contributed by atoms with E-state index >= 15 is 0 Å². The first kappa shape index (κ1) is 24.9. The summed E-state index contributed by atoms with van der Waals surface area (Å²) in [5, 5.41) is 3.56. The van der Waals surface area contributed by atoms with Crippen molar-refractivity contribution >= 4 is 49.8 Å². The number of hydrogen-bond acceptors (Lipinski definition) is 8. The molecule has 40 heavy (non-hydrogen) atoms. The standard InChI is InChI=1S/C28H24N6O4S2/c1-16-12-30-25(33(16)14-17-8-10-40(37,38)11-9-17)26-31-22(15-39-26)21-13-29-24-18(21)6-7-23(32-24)34-27(35)19-4-2-3-5-20(19)28(34)36/h2-7,12-13,15,17H,8-11,14H2,1H3,(H,29,32). The van der Waals surface area contributed by atoms with Crippen LogP contribution in [0.25, 0.3) is 33.1 Å². The zero-order valence-corrected chi connectivity index (χ0v) is 23.1. The van der Waals surface area contributed by atoms with E-state index in [2.05, 4.69) is 19.5 Å². The number of thiazole rings is 1. The van der Waals surface area contributed by atoms with Gasteiger partial charge in [-0.05, 0) is 49.9 Å². The van der Waals surface area contributed by atoms with Crippen LogP contribution in [0.5, 0.6) is 0 Å². The van der Waals surface area contributed by atoms with Crippen LogP contribution in [0.1, 0.15) is 39.3 Å². The van der Waals surface area contributed by atoms with Gasteiger partial charge in [0, 0.05) is 41.0 Å². The SMILES string of the molecule is Cc1cnc(-c2nc(-c3c[nH]c4nc(N5C(=O)c6ccccc6C5=O)ccc34)cs2)n1CC1CCS(=O)(=O)CC1. The Hall–Kier alpha value is -4.16. The maximum absolute atomic E-state index is 12.9. The summed E-state index contributed by atoms with van der Waals surface area (Å²) >= 11 is 1.49. The molecule has 10 nitrogen and oxygen atoms in total. The number of imide groups is 1. The van der Waals surface area contributed by atoms with Gasteiger partial charge in [0.05, 0.1) is 28.3 Å². The lowest BCUT2D eigenvalue weighted by atomic mass is 10.0. The highest BCUT2D eigenvalue weighted by Gasteiger charge is 2.37. The Morgan fingerprint density at radius 2 is 1.73 bits per heavy atom. The fourth-order valence-corrected chi connectivity index (χ4v) is 7.88. The van der Waals surface area contributed by atoms with Crippen molar-refractivity contribution in [3.05, 3.63) is 71.0 Å². The van der Waals surface area contributed by atoms with Crippen molar-refractivity contribution < 1.29 is 18.0 Å². The van der Waals surface area contributed by atoms with Gasteiger partial charge in [0.2, 0.25) is 0 Å². The molecule has 202 valence electrons. The predicted octanol–water partition coefficient (Wildman–Crippen LogP) is 4.48. The molecular formula is C28H24N6O4S2. The monoisotopic (exact) mass is 572 g/mol. The van der Waals surface area contributed by atoms with E-state index in [1.807, 2.05) is 30.8 Å². The number of sulfone groups is 1. The number of aryl methyl sites for hydroxylation is 1. The second kappa shape index (κ2) is 9.20. The van der Waals surface area contributed by atoms with Crippen LogP contribution >= 0.6 is 11.3 Å². The number of nitrogens with zero attached hydrogens (tertiary/aromatic N) is 5. The van der Waals surface area contributed by atoms with Crippen LogP contribution in [0.15, 0.2) is 54.2 Å². The summed E-state index contributed by atoms with van der Waals surface area (Å²) in [5.41, 5.74) is 3.92. The summed E-state index contributed by atoms with van der Waals surface area (Å²) in [6.45, 7) is 2.71. The molecule has 6 heterocycles. The van der Waals surface area contributed by atoms with Gasteiger partial charge >= 0.3 is 0 Å². The van der Waals surface area contributed by atoms with Crippen LogP contribution in [0, 0.1) is 12.8 Å². The highest BCUT2D eigenvalue weighted by molar-refractivity contribution is 7.91. The van der Waals surface area contributed by atoms with Gasteiger partial charge in [0.15, 0.2) is 10.8 Å². The number of anilines is 1. The molecule has 7 rings (SSSR count). The molecule has 1 saturated heterocycles. The van der Waals surface area contributed by atoms with E-state index in [1.54, 1.807) is 30.3 Å². The van der Waals surface area contributed by atoms with E-state index in [4.69, 9.17) is 4.98 Å². The van der Waals surface area contributed by atoms with Gasteiger partial charge in [-0.25, -0.2) is 28.3 Å². The van der Waals surface area contributed by atoms with E-state index in [0.717, 1.165) is 38.1 Å². The lowest BCUT2D eigenvalue weighted by Crippen LogP contribution is -2.30. The highest BCUT2D eigenvalue weighted by atomic mass is 32.2. The zero-order valence-electron chi connectivity index (χ0n) is 21.5. The fraction of sp³-hybridized carbons (Fsp3) is 0.250. The second-order valence-electron chi connectivity index (χ2n) is 10.2. The molecule has 12 heteroatoms. The van der Waals surface area contributed by atoms with Crippen LogP contribution in [0.3, 0.4) is 0 Å². The second-order valence-corrected chi connectivity index (χ2v) is 13.4. The molecule has 4 aromatic heterocycles. The maximum atomic E-state index is 12.9. The minimum Gasteiger partial charge on any atom is -0.345 e. The molecule has 0 saturated carbocycles. The number of carbonyl (C=O) groups is 2. The number of pyridine rings is 1. The van der Waals surface area contributed by atoms with Gasteiger partial charge in [0.25, 0.3) is 11.8 Å². The zero-order chi connectivity index (χ0) is 27.6. The van der Waals surface area contributed by atoms with Crippen molar-refractivity contribution in [2.24, 2.45) is 5.92 Å². The normalized spacial score (nSPS) is 17.2. The lowest BCUT2D eigenvalue weighted by Gasteiger charge is -2.23. The van der Waals surface area contributed by atoms with Crippen LogP contribution in [0.4, 0.5) is 5.82 Å². The molecule has 0 aliphatic carbocycles. The minimum absolute atomic E-state index is 0.242. The molecule has 5 aromatic rings. The molecule has 2 aliphatic heterocycles. The van der Waals surface area contributed by atoms with Crippen LogP contribution in [-0.2, 0) is 16.4 Å². The number of H-pyrrole nitrogens is 1. The molecule has 1 N–H and O–H groups in total. The van der Waals surface area contributed by atoms with Crippen LogP contribution < -0.4 is 4.90 Å². The first-order valence-electron chi connectivity index (χ1n) is 12.9. The molecule has 0 bridgehead atoms. The number of aromatic nitrogens is 5. The summed E-state index contributed by atoms with van der Waals surface area (Å²) in [7, 11) is -2.91. The maximum Gasteiger partial charge on any atom is 0.267 e. The fourth-order valence-electron chi connectivity index (χ4n) is 5.47. The van der Waals surface area contributed by atoms with Gasteiger partial charge in [0.1, 0.15) is 21.3 Å². The van der Waals surface area contributed by atoms with Crippen molar-refractivity contribution in [3.63, 3.8) is 0 Å². The number of hydrogen-bond donors (Lipinski definition) is 1. The topological polar surface area (TPSA) is 131 Å². The minimum atomic E-state index is -2.91. The predicted molar refractivity (Wildman–Crippen MR) is 152 cm³/mol. The Labute approximate surface area is 233 Å². The number of imidazole rings is 1. The summed E-state index contributed by atoms with van der Waals surface area (Å²) in [6.07, 6.45) is 4.97. The van der Waals surface area contributed by atoms with Crippen LogP contribution in [0.2, 0.25) is 0 Å².